The highest BCUT2D eigenvalue weighted by atomic mass is 19.1. The molecule has 4 heterocycles. The van der Waals surface area contributed by atoms with Crippen LogP contribution in [0.4, 0.5) is 15.8 Å². The average Bonchev–Trinajstić information content (AvgIpc) is 3.40. The molecule has 2 N–H and O–H groups in total. The molecule has 1 aromatic heterocycles. The molecule has 162 valence electrons. The van der Waals surface area contributed by atoms with Crippen molar-refractivity contribution in [3.8, 4) is 6.07 Å². The molecule has 2 bridgehead atoms. The van der Waals surface area contributed by atoms with Crippen molar-refractivity contribution >= 4 is 22.3 Å². The van der Waals surface area contributed by atoms with Crippen molar-refractivity contribution in [1.82, 2.24) is 9.88 Å². The number of fused-ring (bicyclic) bond motifs is 5. The fraction of sp³-hybridized carbons (Fsp3) is 0.360. The summed E-state index contributed by atoms with van der Waals surface area (Å²) in [4.78, 5) is 20.3. The van der Waals surface area contributed by atoms with Gasteiger partial charge in [-0.2, -0.15) is 5.26 Å². The molecule has 3 aromatic rings. The van der Waals surface area contributed by atoms with Gasteiger partial charge in [-0.05, 0) is 49.1 Å². The predicted octanol–water partition coefficient (Wildman–Crippen LogP) is 3.36. The molecule has 0 spiro atoms. The summed E-state index contributed by atoms with van der Waals surface area (Å²) in [6.45, 7) is 3.52. The first-order valence-electron chi connectivity index (χ1n) is 11.2. The Morgan fingerprint density at radius 2 is 2.06 bits per heavy atom. The van der Waals surface area contributed by atoms with Gasteiger partial charge in [0.05, 0.1) is 16.8 Å². The van der Waals surface area contributed by atoms with Crippen molar-refractivity contribution in [2.24, 2.45) is 0 Å². The van der Waals surface area contributed by atoms with Crippen LogP contribution < -0.4 is 15.8 Å². The number of hydrogen-bond acceptors (Lipinski definition) is 5. The number of pyridine rings is 1. The molecule has 0 aliphatic carbocycles. The van der Waals surface area contributed by atoms with Gasteiger partial charge in [-0.1, -0.05) is 12.1 Å². The van der Waals surface area contributed by atoms with Crippen LogP contribution in [0.15, 0.2) is 41.2 Å². The molecule has 2 fully saturated rings. The molecule has 2 saturated heterocycles. The molecule has 7 heteroatoms. The van der Waals surface area contributed by atoms with Crippen LogP contribution in [-0.4, -0.2) is 41.6 Å². The molecule has 0 saturated carbocycles. The zero-order valence-corrected chi connectivity index (χ0v) is 17.7. The van der Waals surface area contributed by atoms with Gasteiger partial charge in [0.15, 0.2) is 0 Å². The van der Waals surface area contributed by atoms with E-state index in [1.165, 1.54) is 11.6 Å². The maximum absolute atomic E-state index is 14.1. The Labute approximate surface area is 185 Å². The second-order valence-electron chi connectivity index (χ2n) is 9.12. The third kappa shape index (κ3) is 3.06. The van der Waals surface area contributed by atoms with Gasteiger partial charge in [-0.15, -0.1) is 0 Å². The Morgan fingerprint density at radius 1 is 1.16 bits per heavy atom. The summed E-state index contributed by atoms with van der Waals surface area (Å²) < 4.78 is 14.1. The molecule has 6 nitrogen and oxygen atoms in total. The molecule has 0 unspecified atom stereocenters. The second-order valence-corrected chi connectivity index (χ2v) is 9.12. The van der Waals surface area contributed by atoms with E-state index in [0.29, 0.717) is 12.1 Å². The van der Waals surface area contributed by atoms with E-state index in [4.69, 9.17) is 5.26 Å². The largest absolute Gasteiger partial charge is 0.384 e. The Hall–Kier alpha value is -3.37. The van der Waals surface area contributed by atoms with E-state index in [9.17, 15) is 9.18 Å². The summed E-state index contributed by atoms with van der Waals surface area (Å²) >= 11 is 0. The lowest BCUT2D eigenvalue weighted by Crippen LogP contribution is -2.46. The van der Waals surface area contributed by atoms with Gasteiger partial charge in [0, 0.05) is 54.9 Å². The van der Waals surface area contributed by atoms with Gasteiger partial charge >= 0.3 is 0 Å². The van der Waals surface area contributed by atoms with E-state index in [1.54, 1.807) is 6.07 Å². The maximum atomic E-state index is 14.1. The second kappa shape index (κ2) is 7.35. The fourth-order valence-electron chi connectivity index (χ4n) is 5.67. The number of aromatic nitrogens is 1. The zero-order valence-electron chi connectivity index (χ0n) is 17.7. The molecular formula is C25H24FN5O. The topological polar surface area (TPSA) is 75.2 Å². The third-order valence-electron chi connectivity index (χ3n) is 7.23. The van der Waals surface area contributed by atoms with Crippen LogP contribution in [0.5, 0.6) is 0 Å². The predicted molar refractivity (Wildman–Crippen MR) is 122 cm³/mol. The molecule has 3 aliphatic rings. The Kier molecular flexibility index (Phi) is 4.44. The number of benzene rings is 2. The molecule has 2 aromatic carbocycles. The highest BCUT2D eigenvalue weighted by molar-refractivity contribution is 5.93. The SMILES string of the molecule is N#Cc1ccc(N2C[C@@H]3C[C@H]2CN3Cc2ccc3c4c(c(=O)[nH]c3c2)CCCN4)cc1F. The van der Waals surface area contributed by atoms with Gasteiger partial charge in [0.25, 0.3) is 5.56 Å². The van der Waals surface area contributed by atoms with Crippen LogP contribution in [0.1, 0.15) is 29.5 Å². The van der Waals surface area contributed by atoms with Crippen LogP contribution in [0.2, 0.25) is 0 Å². The van der Waals surface area contributed by atoms with Crippen LogP contribution in [0.25, 0.3) is 10.9 Å². The van der Waals surface area contributed by atoms with Gasteiger partial charge in [-0.25, -0.2) is 4.39 Å². The number of nitriles is 1. The quantitative estimate of drug-likeness (QED) is 0.668. The average molecular weight is 429 g/mol. The lowest BCUT2D eigenvalue weighted by atomic mass is 10.0. The Balaban J connectivity index is 1.20. The summed E-state index contributed by atoms with van der Waals surface area (Å²) in [7, 11) is 0. The van der Waals surface area contributed by atoms with Crippen LogP contribution in [-0.2, 0) is 13.0 Å². The number of piperazine rings is 1. The van der Waals surface area contributed by atoms with Crippen molar-refractivity contribution in [3.63, 3.8) is 0 Å². The number of aromatic amines is 1. The smallest absolute Gasteiger partial charge is 0.253 e. The first kappa shape index (κ1) is 19.3. The summed E-state index contributed by atoms with van der Waals surface area (Å²) in [6, 6.07) is 13.9. The molecule has 3 aliphatic heterocycles. The number of rotatable bonds is 3. The number of nitrogens with one attached hydrogen (secondary N) is 2. The van der Waals surface area contributed by atoms with Crippen LogP contribution in [0, 0.1) is 17.1 Å². The van der Waals surface area contributed by atoms with E-state index in [0.717, 1.165) is 73.3 Å². The number of likely N-dealkylation sites (tertiary alicyclic amines) is 1. The standard InChI is InChI=1S/C25H24FN5O/c26-22-10-17(5-4-16(22)11-27)31-14-18-9-19(31)13-30(18)12-15-3-6-20-23(8-15)29-25(32)21-2-1-7-28-24(20)21/h3-6,8,10,18-19,28H,1-2,7,9,12-14H2,(H,29,32)/t18-,19-/m0/s1. The van der Waals surface area contributed by atoms with Crippen molar-refractivity contribution in [3.05, 3.63) is 69.3 Å². The van der Waals surface area contributed by atoms with Gasteiger partial charge in [0.1, 0.15) is 11.9 Å². The normalized spacial score (nSPS) is 22.1. The number of anilines is 2. The number of halogens is 1. The first-order valence-corrected chi connectivity index (χ1v) is 11.2. The lowest BCUT2D eigenvalue weighted by molar-refractivity contribution is 0.230. The summed E-state index contributed by atoms with van der Waals surface area (Å²) in [6.07, 6.45) is 2.87. The molecule has 6 rings (SSSR count). The highest BCUT2D eigenvalue weighted by Crippen LogP contribution is 2.36. The number of nitrogens with zero attached hydrogens (tertiary/aromatic N) is 3. The van der Waals surface area contributed by atoms with E-state index in [1.807, 2.05) is 12.1 Å². The van der Waals surface area contributed by atoms with Gasteiger partial charge in [0.2, 0.25) is 0 Å². The van der Waals surface area contributed by atoms with Gasteiger partial charge in [-0.3, -0.25) is 9.69 Å². The van der Waals surface area contributed by atoms with Gasteiger partial charge < -0.3 is 15.2 Å². The minimum absolute atomic E-state index is 0.0161. The minimum Gasteiger partial charge on any atom is -0.384 e. The van der Waals surface area contributed by atoms with Crippen LogP contribution in [0.3, 0.4) is 0 Å². The lowest BCUT2D eigenvalue weighted by Gasteiger charge is -2.35. The van der Waals surface area contributed by atoms with E-state index < -0.39 is 5.82 Å². The van der Waals surface area contributed by atoms with Crippen LogP contribution >= 0.6 is 0 Å². The maximum Gasteiger partial charge on any atom is 0.253 e. The molecule has 0 radical (unpaired) electrons. The van der Waals surface area contributed by atoms with Crippen molar-refractivity contribution in [1.29, 1.82) is 5.26 Å². The third-order valence-corrected chi connectivity index (χ3v) is 7.23. The summed E-state index contributed by atoms with van der Waals surface area (Å²) in [5.41, 5.74) is 4.90. The first-order chi connectivity index (χ1) is 15.6. The molecule has 0 amide bonds. The zero-order chi connectivity index (χ0) is 21.8. The minimum atomic E-state index is -0.452. The monoisotopic (exact) mass is 429 g/mol. The van der Waals surface area contributed by atoms with Crippen molar-refractivity contribution in [2.75, 3.05) is 29.9 Å². The Bertz CT molecular complexity index is 1330. The Morgan fingerprint density at radius 3 is 2.84 bits per heavy atom. The van der Waals surface area contributed by atoms with Crippen molar-refractivity contribution in [2.45, 2.75) is 37.9 Å². The fourth-order valence-corrected chi connectivity index (χ4v) is 5.67. The van der Waals surface area contributed by atoms with E-state index in [-0.39, 0.29) is 11.1 Å². The number of H-pyrrole nitrogens is 1. The molecular weight excluding hydrogens is 405 g/mol. The molecule has 32 heavy (non-hydrogen) atoms. The highest BCUT2D eigenvalue weighted by Gasteiger charge is 2.43. The number of hydrogen-bond donors (Lipinski definition) is 2. The van der Waals surface area contributed by atoms with E-state index >= 15 is 0 Å². The van der Waals surface area contributed by atoms with E-state index in [2.05, 4.69) is 38.3 Å². The summed E-state index contributed by atoms with van der Waals surface area (Å²) in [5.74, 6) is -0.452. The van der Waals surface area contributed by atoms with Crippen molar-refractivity contribution < 1.29 is 4.39 Å². The molecule has 2 atom stereocenters. The summed E-state index contributed by atoms with van der Waals surface area (Å²) in [5, 5.41) is 13.5.